The Morgan fingerprint density at radius 2 is 2.12 bits per heavy atom. The van der Waals surface area contributed by atoms with Gasteiger partial charge < -0.3 is 5.73 Å². The van der Waals surface area contributed by atoms with Crippen LogP contribution in [-0.4, -0.2) is 26.4 Å². The largest absolute Gasteiger partial charge is 0.389 e. The van der Waals surface area contributed by atoms with E-state index >= 15 is 0 Å². The fraction of sp³-hybridized carbons (Fsp3) is 0. The van der Waals surface area contributed by atoms with E-state index in [1.807, 2.05) is 24.3 Å². The molecule has 1 aromatic carbocycles. The van der Waals surface area contributed by atoms with Crippen molar-refractivity contribution in [1.82, 2.24) is 15.2 Å². The Balaban J connectivity index is 2.14. The van der Waals surface area contributed by atoms with Gasteiger partial charge in [-0.05, 0) is 5.56 Å². The summed E-state index contributed by atoms with van der Waals surface area (Å²) in [5, 5.41) is 6.33. The summed E-state index contributed by atoms with van der Waals surface area (Å²) >= 11 is 4.86. The first kappa shape index (κ1) is 10.4. The Morgan fingerprint density at radius 1 is 1.38 bits per heavy atom. The van der Waals surface area contributed by atoms with Gasteiger partial charge in [-0.3, -0.25) is 0 Å². The van der Waals surface area contributed by atoms with Gasteiger partial charge in [-0.1, -0.05) is 36.5 Å². The van der Waals surface area contributed by atoms with E-state index in [1.54, 1.807) is 6.21 Å². The van der Waals surface area contributed by atoms with Gasteiger partial charge in [0.25, 0.3) is 0 Å². The smallest absolute Gasteiger partial charge is 0.245 e. The third kappa shape index (κ3) is 2.48. The van der Waals surface area contributed by atoms with E-state index in [4.69, 9.17) is 18.0 Å². The Morgan fingerprint density at radius 3 is 2.69 bits per heavy atom. The summed E-state index contributed by atoms with van der Waals surface area (Å²) in [6.07, 6.45) is 3.09. The molecule has 6 heteroatoms. The number of thiocarbonyl (C=S) groups is 1. The number of rotatable bonds is 3. The van der Waals surface area contributed by atoms with E-state index in [0.29, 0.717) is 10.9 Å². The van der Waals surface area contributed by atoms with Gasteiger partial charge in [0.2, 0.25) is 5.95 Å². The van der Waals surface area contributed by atoms with Gasteiger partial charge in [-0.25, -0.2) is 10.1 Å². The Kier molecular flexibility index (Phi) is 3.02. The van der Waals surface area contributed by atoms with Crippen LogP contribution in [0.5, 0.6) is 0 Å². The molecule has 0 fully saturated rings. The fourth-order valence-corrected chi connectivity index (χ4v) is 1.27. The lowest BCUT2D eigenvalue weighted by Crippen LogP contribution is -2.08. The van der Waals surface area contributed by atoms with E-state index in [2.05, 4.69) is 20.2 Å². The molecule has 3 N–H and O–H groups in total. The lowest BCUT2D eigenvalue weighted by Gasteiger charge is -1.97. The number of hydrogen-bond donors (Lipinski definition) is 2. The molecule has 0 aliphatic heterocycles. The maximum atomic E-state index is 5.49. The average molecular weight is 231 g/mol. The van der Waals surface area contributed by atoms with Crippen molar-refractivity contribution in [2.75, 3.05) is 0 Å². The summed E-state index contributed by atoms with van der Waals surface area (Å²) in [7, 11) is 0. The first-order valence-corrected chi connectivity index (χ1v) is 4.96. The first-order valence-electron chi connectivity index (χ1n) is 4.55. The predicted octanol–water partition coefficient (Wildman–Crippen LogP) is 1.19. The molecule has 0 amide bonds. The first-order chi connectivity index (χ1) is 7.75. The van der Waals surface area contributed by atoms with E-state index < -0.39 is 0 Å². The Labute approximate surface area is 97.4 Å². The van der Waals surface area contributed by atoms with Gasteiger partial charge in [-0.15, -0.1) is 0 Å². The number of aromatic amines is 1. The van der Waals surface area contributed by atoms with Crippen molar-refractivity contribution in [3.8, 4) is 0 Å². The molecule has 0 saturated carbocycles. The zero-order valence-electron chi connectivity index (χ0n) is 8.29. The fourth-order valence-electron chi connectivity index (χ4n) is 1.13. The lowest BCUT2D eigenvalue weighted by molar-refractivity contribution is 1.08. The molecule has 2 aromatic rings. The maximum absolute atomic E-state index is 5.49. The molecule has 0 unspecified atom stereocenters. The Hall–Kier alpha value is -2.08. The van der Waals surface area contributed by atoms with Gasteiger partial charge in [-0.2, -0.15) is 10.1 Å². The third-order valence-electron chi connectivity index (χ3n) is 1.93. The quantitative estimate of drug-likeness (QED) is 0.614. The number of benzene rings is 1. The van der Waals surface area contributed by atoms with Crippen LogP contribution in [0.15, 0.2) is 35.6 Å². The van der Waals surface area contributed by atoms with Crippen LogP contribution in [0.25, 0.3) is 0 Å². The number of aliphatic imine (C=N–C) groups is 1. The molecule has 0 aliphatic rings. The Bertz CT molecular complexity index is 501. The van der Waals surface area contributed by atoms with Crippen molar-refractivity contribution in [1.29, 1.82) is 0 Å². The second-order valence-corrected chi connectivity index (χ2v) is 3.49. The van der Waals surface area contributed by atoms with Crippen LogP contribution in [0.3, 0.4) is 0 Å². The van der Waals surface area contributed by atoms with Crippen LogP contribution in [0.1, 0.15) is 11.1 Å². The van der Waals surface area contributed by atoms with Crippen LogP contribution in [0, 0.1) is 0 Å². The van der Waals surface area contributed by atoms with E-state index in [-0.39, 0.29) is 0 Å². The van der Waals surface area contributed by atoms with Gasteiger partial charge in [0.1, 0.15) is 11.3 Å². The number of nitrogens with two attached hydrogens (primary N) is 1. The topological polar surface area (TPSA) is 79.9 Å². The van der Waals surface area contributed by atoms with Gasteiger partial charge >= 0.3 is 0 Å². The highest BCUT2D eigenvalue weighted by atomic mass is 32.1. The van der Waals surface area contributed by atoms with Crippen LogP contribution in [0.2, 0.25) is 0 Å². The summed E-state index contributed by atoms with van der Waals surface area (Å²) in [5.41, 5.74) is 7.27. The average Bonchev–Trinajstić information content (AvgIpc) is 2.80. The van der Waals surface area contributed by atoms with E-state index in [1.165, 1.54) is 6.33 Å². The van der Waals surface area contributed by atoms with Crippen molar-refractivity contribution >= 4 is 29.4 Å². The van der Waals surface area contributed by atoms with E-state index in [9.17, 15) is 0 Å². The molecular formula is C10H9N5S. The minimum atomic E-state index is 0.388. The SMILES string of the molecule is NC(=S)c1ccc(/C=N/c2ncn[nH]2)cc1. The van der Waals surface area contributed by atoms with Crippen LogP contribution < -0.4 is 5.73 Å². The van der Waals surface area contributed by atoms with Crippen molar-refractivity contribution in [3.63, 3.8) is 0 Å². The summed E-state index contributed by atoms with van der Waals surface area (Å²) in [6, 6.07) is 7.47. The predicted molar refractivity (Wildman–Crippen MR) is 66.0 cm³/mol. The molecule has 5 nitrogen and oxygen atoms in total. The van der Waals surface area contributed by atoms with E-state index in [0.717, 1.165) is 11.1 Å². The highest BCUT2D eigenvalue weighted by Gasteiger charge is 1.95. The van der Waals surface area contributed by atoms with Gasteiger partial charge in [0.05, 0.1) is 0 Å². The number of aromatic nitrogens is 3. The van der Waals surface area contributed by atoms with Crippen LogP contribution in [0.4, 0.5) is 5.95 Å². The van der Waals surface area contributed by atoms with Crippen molar-refractivity contribution in [2.24, 2.45) is 10.7 Å². The summed E-state index contributed by atoms with van der Waals surface area (Å²) < 4.78 is 0. The van der Waals surface area contributed by atoms with Gasteiger partial charge in [0, 0.05) is 11.8 Å². The zero-order valence-corrected chi connectivity index (χ0v) is 9.11. The minimum absolute atomic E-state index is 0.388. The van der Waals surface area contributed by atoms with Crippen molar-refractivity contribution < 1.29 is 0 Å². The minimum Gasteiger partial charge on any atom is -0.389 e. The molecule has 0 saturated heterocycles. The zero-order chi connectivity index (χ0) is 11.4. The molecule has 80 valence electrons. The number of H-pyrrole nitrogens is 1. The second kappa shape index (κ2) is 4.63. The summed E-state index contributed by atoms with van der Waals surface area (Å²) in [5.74, 6) is 0.471. The molecule has 0 atom stereocenters. The molecule has 1 aromatic heterocycles. The molecule has 0 bridgehead atoms. The van der Waals surface area contributed by atoms with Crippen molar-refractivity contribution in [3.05, 3.63) is 41.7 Å². The molecule has 16 heavy (non-hydrogen) atoms. The van der Waals surface area contributed by atoms with Crippen LogP contribution >= 0.6 is 12.2 Å². The maximum Gasteiger partial charge on any atom is 0.245 e. The molecule has 0 aliphatic carbocycles. The monoisotopic (exact) mass is 231 g/mol. The normalized spacial score (nSPS) is 10.8. The molecule has 0 radical (unpaired) electrons. The summed E-state index contributed by atoms with van der Waals surface area (Å²) in [4.78, 5) is 8.35. The highest BCUT2D eigenvalue weighted by Crippen LogP contribution is 2.04. The molecule has 1 heterocycles. The van der Waals surface area contributed by atoms with Gasteiger partial charge in [0.15, 0.2) is 0 Å². The van der Waals surface area contributed by atoms with Crippen LogP contribution in [-0.2, 0) is 0 Å². The number of nitrogens with one attached hydrogen (secondary N) is 1. The second-order valence-electron chi connectivity index (χ2n) is 3.05. The standard InChI is InChI=1S/C10H9N5S/c11-9(16)8-3-1-7(2-4-8)5-12-10-13-6-14-15-10/h1-6H,(H2,11,16)(H,13,14,15)/b12-5+. The number of nitrogens with zero attached hydrogens (tertiary/aromatic N) is 3. The third-order valence-corrected chi connectivity index (χ3v) is 2.17. The molecular weight excluding hydrogens is 222 g/mol. The summed E-state index contributed by atoms with van der Waals surface area (Å²) in [6.45, 7) is 0. The molecule has 2 rings (SSSR count). The lowest BCUT2D eigenvalue weighted by atomic mass is 10.1. The number of hydrogen-bond acceptors (Lipinski definition) is 4. The van der Waals surface area contributed by atoms with Crippen molar-refractivity contribution in [2.45, 2.75) is 0 Å². The highest BCUT2D eigenvalue weighted by molar-refractivity contribution is 7.80. The molecule has 0 spiro atoms.